The SMILES string of the molecule is FC1(F)C(Oc2ccc(Cl)cc2Cl)=C(Oc2ccc(Cl)cc2Cl)C(F)(F)C1(F)F. The first-order valence-corrected chi connectivity index (χ1v) is 8.94. The number of benzene rings is 2. The first kappa shape index (κ1) is 22.2. The van der Waals surface area contributed by atoms with Crippen molar-refractivity contribution in [1.29, 1.82) is 0 Å². The zero-order valence-corrected chi connectivity index (χ0v) is 16.6. The average Bonchev–Trinajstić information content (AvgIpc) is 2.69. The summed E-state index contributed by atoms with van der Waals surface area (Å²) in [5.74, 6) is -22.2. The smallest absolute Gasteiger partial charge is 0.387 e. The second-order valence-electron chi connectivity index (χ2n) is 5.74. The van der Waals surface area contributed by atoms with Gasteiger partial charge < -0.3 is 9.47 Å². The molecular formula is C17H6Cl4F6O2. The minimum absolute atomic E-state index is 0.0644. The minimum atomic E-state index is -5.86. The van der Waals surface area contributed by atoms with Crippen molar-refractivity contribution >= 4 is 46.4 Å². The van der Waals surface area contributed by atoms with Crippen molar-refractivity contribution in [3.8, 4) is 11.5 Å². The van der Waals surface area contributed by atoms with Crippen LogP contribution in [0.5, 0.6) is 11.5 Å². The summed E-state index contributed by atoms with van der Waals surface area (Å²) in [4.78, 5) is 0. The van der Waals surface area contributed by atoms with Crippen LogP contribution < -0.4 is 9.47 Å². The summed E-state index contributed by atoms with van der Waals surface area (Å²) in [5.41, 5.74) is 0. The first-order chi connectivity index (χ1) is 13.3. The highest BCUT2D eigenvalue weighted by molar-refractivity contribution is 6.36. The molecule has 0 amide bonds. The number of rotatable bonds is 4. The number of hydrogen-bond acceptors (Lipinski definition) is 2. The van der Waals surface area contributed by atoms with Gasteiger partial charge in [-0.15, -0.1) is 0 Å². The minimum Gasteiger partial charge on any atom is -0.450 e. The van der Waals surface area contributed by atoms with Gasteiger partial charge in [-0.3, -0.25) is 0 Å². The maximum atomic E-state index is 14.3. The first-order valence-electron chi connectivity index (χ1n) is 7.43. The Morgan fingerprint density at radius 3 is 1.24 bits per heavy atom. The van der Waals surface area contributed by atoms with E-state index in [4.69, 9.17) is 46.4 Å². The molecule has 0 aromatic heterocycles. The molecule has 1 aliphatic rings. The maximum Gasteiger partial charge on any atom is 0.387 e. The zero-order valence-electron chi connectivity index (χ0n) is 13.6. The Balaban J connectivity index is 2.16. The van der Waals surface area contributed by atoms with Crippen LogP contribution in [0.25, 0.3) is 0 Å². The van der Waals surface area contributed by atoms with Gasteiger partial charge in [0, 0.05) is 10.0 Å². The Hall–Kier alpha value is -1.48. The van der Waals surface area contributed by atoms with Gasteiger partial charge in [0.25, 0.3) is 0 Å². The molecule has 0 unspecified atom stereocenters. The fourth-order valence-corrected chi connectivity index (χ4v) is 3.22. The predicted molar refractivity (Wildman–Crippen MR) is 96.0 cm³/mol. The van der Waals surface area contributed by atoms with Gasteiger partial charge in [-0.1, -0.05) is 46.4 Å². The van der Waals surface area contributed by atoms with Crippen molar-refractivity contribution < 1.29 is 35.8 Å². The molecule has 2 nitrogen and oxygen atoms in total. The summed E-state index contributed by atoms with van der Waals surface area (Å²) >= 11 is 22.8. The summed E-state index contributed by atoms with van der Waals surface area (Å²) in [5, 5.41) is -0.643. The Kier molecular flexibility index (Phi) is 5.62. The summed E-state index contributed by atoms with van der Waals surface area (Å²) in [6.45, 7) is 0. The quantitative estimate of drug-likeness (QED) is 0.400. The molecule has 0 radical (unpaired) electrons. The third kappa shape index (κ3) is 3.60. The van der Waals surface area contributed by atoms with E-state index in [1.54, 1.807) is 0 Å². The fourth-order valence-electron chi connectivity index (χ4n) is 2.32. The van der Waals surface area contributed by atoms with E-state index in [9.17, 15) is 26.3 Å². The molecule has 0 N–H and O–H groups in total. The lowest BCUT2D eigenvalue weighted by Crippen LogP contribution is -2.50. The summed E-state index contributed by atoms with van der Waals surface area (Å²) in [6.07, 6.45) is 0. The van der Waals surface area contributed by atoms with Crippen LogP contribution in [-0.4, -0.2) is 17.8 Å². The fraction of sp³-hybridized carbons (Fsp3) is 0.176. The third-order valence-corrected chi connectivity index (χ3v) is 4.84. The van der Waals surface area contributed by atoms with Gasteiger partial charge in [-0.05, 0) is 36.4 Å². The van der Waals surface area contributed by atoms with Crippen LogP contribution in [-0.2, 0) is 0 Å². The Labute approximate surface area is 179 Å². The van der Waals surface area contributed by atoms with E-state index in [1.807, 2.05) is 0 Å². The van der Waals surface area contributed by atoms with E-state index in [1.165, 1.54) is 0 Å². The van der Waals surface area contributed by atoms with Crippen LogP contribution in [0.3, 0.4) is 0 Å². The molecule has 2 aromatic rings. The molecular weight excluding hydrogens is 492 g/mol. The molecule has 0 heterocycles. The monoisotopic (exact) mass is 496 g/mol. The topological polar surface area (TPSA) is 18.5 Å². The number of ether oxygens (including phenoxy) is 2. The molecule has 0 fully saturated rings. The Morgan fingerprint density at radius 2 is 0.931 bits per heavy atom. The lowest BCUT2D eigenvalue weighted by atomic mass is 10.1. The zero-order chi connectivity index (χ0) is 21.8. The largest absolute Gasteiger partial charge is 0.450 e. The predicted octanol–water partition coefficient (Wildman–Crippen LogP) is 7.89. The lowest BCUT2D eigenvalue weighted by Gasteiger charge is -2.24. The van der Waals surface area contributed by atoms with Crippen molar-refractivity contribution in [3.63, 3.8) is 0 Å². The molecule has 29 heavy (non-hydrogen) atoms. The molecule has 0 bridgehead atoms. The summed E-state index contributed by atoms with van der Waals surface area (Å²) in [7, 11) is 0. The molecule has 156 valence electrons. The second kappa shape index (κ2) is 7.34. The summed E-state index contributed by atoms with van der Waals surface area (Å²) < 4.78 is 94.3. The van der Waals surface area contributed by atoms with Gasteiger partial charge in [0.15, 0.2) is 0 Å². The number of hydrogen-bond donors (Lipinski definition) is 0. The van der Waals surface area contributed by atoms with Gasteiger partial charge in [0.2, 0.25) is 11.5 Å². The van der Waals surface area contributed by atoms with Crippen molar-refractivity contribution in [2.24, 2.45) is 0 Å². The van der Waals surface area contributed by atoms with E-state index in [0.29, 0.717) is 0 Å². The van der Waals surface area contributed by atoms with Crippen molar-refractivity contribution in [2.45, 2.75) is 17.8 Å². The number of halogens is 10. The second-order valence-corrected chi connectivity index (χ2v) is 7.42. The highest BCUT2D eigenvalue weighted by atomic mass is 35.5. The molecule has 0 spiro atoms. The van der Waals surface area contributed by atoms with Crippen molar-refractivity contribution in [2.75, 3.05) is 0 Å². The van der Waals surface area contributed by atoms with E-state index < -0.39 is 40.8 Å². The molecule has 0 aliphatic heterocycles. The van der Waals surface area contributed by atoms with Gasteiger partial charge in [0.1, 0.15) is 11.5 Å². The highest BCUT2D eigenvalue weighted by Gasteiger charge is 2.83. The molecule has 0 saturated carbocycles. The number of alkyl halides is 6. The van der Waals surface area contributed by atoms with Crippen LogP contribution in [0, 0.1) is 0 Å². The van der Waals surface area contributed by atoms with Crippen LogP contribution in [0.2, 0.25) is 20.1 Å². The van der Waals surface area contributed by atoms with Crippen LogP contribution in [0.4, 0.5) is 26.3 Å². The van der Waals surface area contributed by atoms with Crippen LogP contribution >= 0.6 is 46.4 Å². The van der Waals surface area contributed by atoms with Gasteiger partial charge >= 0.3 is 17.8 Å². The molecule has 1 aliphatic carbocycles. The molecule has 12 heteroatoms. The maximum absolute atomic E-state index is 14.3. The normalized spacial score (nSPS) is 19.4. The summed E-state index contributed by atoms with van der Waals surface area (Å²) in [6, 6.07) is 6.22. The average molecular weight is 498 g/mol. The third-order valence-electron chi connectivity index (χ3n) is 3.78. The van der Waals surface area contributed by atoms with Gasteiger partial charge in [-0.2, -0.15) is 26.3 Å². The van der Waals surface area contributed by atoms with Crippen molar-refractivity contribution in [1.82, 2.24) is 0 Å². The number of allylic oxidation sites excluding steroid dienone is 2. The van der Waals surface area contributed by atoms with E-state index in [0.717, 1.165) is 36.4 Å². The molecule has 3 rings (SSSR count). The Bertz CT molecular complexity index is 932. The molecule has 0 saturated heterocycles. The lowest BCUT2D eigenvalue weighted by molar-refractivity contribution is -0.273. The van der Waals surface area contributed by atoms with Crippen LogP contribution in [0.15, 0.2) is 47.9 Å². The highest BCUT2D eigenvalue weighted by Crippen LogP contribution is 2.60. The van der Waals surface area contributed by atoms with E-state index in [-0.39, 0.29) is 20.1 Å². The van der Waals surface area contributed by atoms with E-state index in [2.05, 4.69) is 9.47 Å². The Morgan fingerprint density at radius 1 is 0.586 bits per heavy atom. The standard InChI is InChI=1S/C17H6Cl4F6O2/c18-7-1-3-11(9(20)5-7)28-13-14(16(24,25)17(26,27)15(13,22)23)29-12-4-2-8(19)6-10(12)21/h1-6H. The van der Waals surface area contributed by atoms with Gasteiger partial charge in [0.05, 0.1) is 10.0 Å². The van der Waals surface area contributed by atoms with Gasteiger partial charge in [-0.25, -0.2) is 0 Å². The van der Waals surface area contributed by atoms with Crippen LogP contribution in [0.1, 0.15) is 0 Å². The van der Waals surface area contributed by atoms with E-state index >= 15 is 0 Å². The van der Waals surface area contributed by atoms with Crippen molar-refractivity contribution in [3.05, 3.63) is 68.0 Å². The molecule has 0 atom stereocenters. The molecule has 2 aromatic carbocycles.